The summed E-state index contributed by atoms with van der Waals surface area (Å²) in [4.78, 5) is 15.6. The Morgan fingerprint density at radius 1 is 0.815 bits per heavy atom. The number of amides is 1. The minimum atomic E-state index is -3.46. The van der Waals surface area contributed by atoms with Gasteiger partial charge in [-0.2, -0.15) is 4.31 Å². The summed E-state index contributed by atoms with van der Waals surface area (Å²) in [5, 5.41) is 0. The summed E-state index contributed by atoms with van der Waals surface area (Å²) in [6.07, 6.45) is 6.36. The fraction of sp³-hybridized carbons (Fsp3) is 0.667. The van der Waals surface area contributed by atoms with Crippen LogP contribution in [0.4, 0.5) is 0 Å². The van der Waals surface area contributed by atoms with Gasteiger partial charge in [-0.1, -0.05) is 18.2 Å². The summed E-state index contributed by atoms with van der Waals surface area (Å²) in [5.74, 6) is 3.41. The Kier molecular flexibility index (Phi) is 4.32. The van der Waals surface area contributed by atoms with Crippen molar-refractivity contribution >= 4 is 15.9 Å². The number of piperazine rings is 1. The van der Waals surface area contributed by atoms with Crippen LogP contribution in [0.2, 0.25) is 0 Å². The number of rotatable bonds is 3. The quantitative estimate of drug-likeness (QED) is 0.800. The molecule has 0 aromatic heterocycles. The standard InChI is InChI=1S/C21H28N2O3S/c24-21(20-17-11-15-10-16(13-17)14-18(20)12-15)22-6-8-23(9-7-22)27(25,26)19-4-2-1-3-5-19/h1-5,15-18,20H,6-14H2. The highest BCUT2D eigenvalue weighted by atomic mass is 32.2. The van der Waals surface area contributed by atoms with Crippen LogP contribution in [0.5, 0.6) is 0 Å². The fourth-order valence-corrected chi connectivity index (χ4v) is 7.87. The first kappa shape index (κ1) is 17.7. The molecule has 6 heteroatoms. The molecule has 27 heavy (non-hydrogen) atoms. The Balaban J connectivity index is 1.25. The number of hydrogen-bond acceptors (Lipinski definition) is 3. The van der Waals surface area contributed by atoms with E-state index in [1.165, 1.54) is 36.4 Å². The van der Waals surface area contributed by atoms with E-state index in [2.05, 4.69) is 0 Å². The first-order valence-electron chi connectivity index (χ1n) is 10.4. The zero-order chi connectivity index (χ0) is 18.6. The smallest absolute Gasteiger partial charge is 0.243 e. The van der Waals surface area contributed by atoms with Crippen LogP contribution in [0, 0.1) is 29.6 Å². The number of nitrogens with zero attached hydrogens (tertiary/aromatic N) is 2. The molecule has 1 amide bonds. The molecule has 4 saturated carbocycles. The van der Waals surface area contributed by atoms with E-state index in [4.69, 9.17) is 0 Å². The molecule has 1 saturated heterocycles. The molecule has 146 valence electrons. The van der Waals surface area contributed by atoms with Gasteiger partial charge in [-0.05, 0) is 67.9 Å². The van der Waals surface area contributed by atoms with Crippen molar-refractivity contribution in [2.45, 2.75) is 37.0 Å². The van der Waals surface area contributed by atoms with Crippen molar-refractivity contribution in [2.24, 2.45) is 29.6 Å². The number of benzene rings is 1. The monoisotopic (exact) mass is 388 g/mol. The lowest BCUT2D eigenvalue weighted by Crippen LogP contribution is -2.56. The summed E-state index contributed by atoms with van der Waals surface area (Å²) in [6, 6.07) is 8.60. The van der Waals surface area contributed by atoms with Crippen molar-refractivity contribution in [3.63, 3.8) is 0 Å². The van der Waals surface area contributed by atoms with Gasteiger partial charge < -0.3 is 4.90 Å². The summed E-state index contributed by atoms with van der Waals surface area (Å²) in [5.41, 5.74) is 0. The van der Waals surface area contributed by atoms with Gasteiger partial charge in [0.05, 0.1) is 4.90 Å². The highest BCUT2D eigenvalue weighted by molar-refractivity contribution is 7.89. The van der Waals surface area contributed by atoms with Crippen LogP contribution in [0.25, 0.3) is 0 Å². The van der Waals surface area contributed by atoms with Crippen LogP contribution in [0.3, 0.4) is 0 Å². The van der Waals surface area contributed by atoms with E-state index < -0.39 is 10.0 Å². The van der Waals surface area contributed by atoms with E-state index in [9.17, 15) is 13.2 Å². The van der Waals surface area contributed by atoms with Crippen molar-refractivity contribution < 1.29 is 13.2 Å². The third-order valence-corrected chi connectivity index (χ3v) is 9.36. The molecule has 6 rings (SSSR count). The van der Waals surface area contributed by atoms with Crippen molar-refractivity contribution in [3.8, 4) is 0 Å². The Bertz CT molecular complexity index is 787. The zero-order valence-electron chi connectivity index (χ0n) is 15.7. The maximum absolute atomic E-state index is 13.3. The fourth-order valence-electron chi connectivity index (χ4n) is 6.43. The summed E-state index contributed by atoms with van der Waals surface area (Å²) in [7, 11) is -3.46. The molecular weight excluding hydrogens is 360 g/mol. The minimum absolute atomic E-state index is 0.204. The normalized spacial score (nSPS) is 36.1. The SMILES string of the molecule is O=C(C1C2CC3CC(C2)CC1C3)N1CCN(S(=O)(=O)c2ccccc2)CC1. The van der Waals surface area contributed by atoms with Gasteiger partial charge >= 0.3 is 0 Å². The van der Waals surface area contributed by atoms with Crippen molar-refractivity contribution in [1.82, 2.24) is 9.21 Å². The highest BCUT2D eigenvalue weighted by Crippen LogP contribution is 2.56. The largest absolute Gasteiger partial charge is 0.340 e. The topological polar surface area (TPSA) is 57.7 Å². The number of carbonyl (C=O) groups excluding carboxylic acids is 1. The van der Waals surface area contributed by atoms with Gasteiger partial charge in [-0.3, -0.25) is 4.79 Å². The Hall–Kier alpha value is -1.40. The second-order valence-corrected chi connectivity index (χ2v) is 10.9. The first-order valence-corrected chi connectivity index (χ1v) is 11.8. The molecule has 5 fully saturated rings. The van der Waals surface area contributed by atoms with E-state index in [0.717, 1.165) is 11.8 Å². The molecule has 4 aliphatic carbocycles. The second kappa shape index (κ2) is 6.59. The third-order valence-electron chi connectivity index (χ3n) is 7.44. The molecule has 5 aliphatic rings. The Morgan fingerprint density at radius 3 is 1.93 bits per heavy atom. The summed E-state index contributed by atoms with van der Waals surface area (Å²) < 4.78 is 27.1. The second-order valence-electron chi connectivity index (χ2n) is 9.00. The van der Waals surface area contributed by atoms with E-state index >= 15 is 0 Å². The van der Waals surface area contributed by atoms with Gasteiger partial charge in [-0.25, -0.2) is 8.42 Å². The lowest BCUT2D eigenvalue weighted by Gasteiger charge is -2.54. The molecule has 0 spiro atoms. The van der Waals surface area contributed by atoms with Gasteiger partial charge in [-0.15, -0.1) is 0 Å². The average Bonchev–Trinajstić information content (AvgIpc) is 2.68. The molecule has 5 nitrogen and oxygen atoms in total. The summed E-state index contributed by atoms with van der Waals surface area (Å²) in [6.45, 7) is 1.84. The van der Waals surface area contributed by atoms with Crippen LogP contribution in [-0.4, -0.2) is 49.7 Å². The maximum atomic E-state index is 13.3. The van der Waals surface area contributed by atoms with Gasteiger partial charge in [0, 0.05) is 32.1 Å². The molecule has 1 heterocycles. The molecule has 1 aliphatic heterocycles. The van der Waals surface area contributed by atoms with Gasteiger partial charge in [0.25, 0.3) is 0 Å². The van der Waals surface area contributed by atoms with Gasteiger partial charge in [0.2, 0.25) is 15.9 Å². The molecular formula is C21H28N2O3S. The maximum Gasteiger partial charge on any atom is 0.243 e. The van der Waals surface area contributed by atoms with Crippen molar-refractivity contribution in [2.75, 3.05) is 26.2 Å². The molecule has 0 unspecified atom stereocenters. The summed E-state index contributed by atoms with van der Waals surface area (Å²) >= 11 is 0. The molecule has 4 bridgehead atoms. The van der Waals surface area contributed by atoms with Gasteiger partial charge in [0.1, 0.15) is 0 Å². The van der Waals surface area contributed by atoms with Gasteiger partial charge in [0.15, 0.2) is 0 Å². The molecule has 0 atom stereocenters. The van der Waals surface area contributed by atoms with Crippen molar-refractivity contribution in [1.29, 1.82) is 0 Å². The molecule has 1 aromatic carbocycles. The molecule has 0 N–H and O–H groups in total. The first-order chi connectivity index (χ1) is 13.0. The molecule has 0 radical (unpaired) electrons. The van der Waals surface area contributed by atoms with E-state index in [1.807, 2.05) is 11.0 Å². The van der Waals surface area contributed by atoms with Crippen LogP contribution < -0.4 is 0 Å². The van der Waals surface area contributed by atoms with E-state index in [-0.39, 0.29) is 5.92 Å². The van der Waals surface area contributed by atoms with E-state index in [1.54, 1.807) is 24.3 Å². The Labute approximate surface area is 161 Å². The van der Waals surface area contributed by atoms with Crippen molar-refractivity contribution in [3.05, 3.63) is 30.3 Å². The number of carbonyl (C=O) groups is 1. The average molecular weight is 389 g/mol. The molecule has 1 aromatic rings. The third kappa shape index (κ3) is 3.01. The van der Waals surface area contributed by atoms with Crippen LogP contribution >= 0.6 is 0 Å². The van der Waals surface area contributed by atoms with Crippen LogP contribution in [-0.2, 0) is 14.8 Å². The zero-order valence-corrected chi connectivity index (χ0v) is 16.5. The predicted molar refractivity (Wildman–Crippen MR) is 102 cm³/mol. The Morgan fingerprint density at radius 2 is 1.37 bits per heavy atom. The number of hydrogen-bond donors (Lipinski definition) is 0. The number of sulfonamides is 1. The lowest BCUT2D eigenvalue weighted by atomic mass is 9.51. The predicted octanol–water partition coefficient (Wildman–Crippen LogP) is 2.59. The van der Waals surface area contributed by atoms with E-state index in [0.29, 0.717) is 48.8 Å². The van der Waals surface area contributed by atoms with Crippen LogP contribution in [0.1, 0.15) is 32.1 Å². The lowest BCUT2D eigenvalue weighted by molar-refractivity contribution is -0.150. The minimum Gasteiger partial charge on any atom is -0.340 e. The van der Waals surface area contributed by atoms with Crippen LogP contribution in [0.15, 0.2) is 35.2 Å². The highest BCUT2D eigenvalue weighted by Gasteiger charge is 2.51.